The Kier molecular flexibility index (Phi) is 7.56. The average Bonchev–Trinajstić information content (AvgIpc) is 2.75. The summed E-state index contributed by atoms with van der Waals surface area (Å²) >= 11 is 6.02. The molecule has 1 atom stereocenters. The molecule has 168 valence electrons. The molecule has 0 aliphatic heterocycles. The monoisotopic (exact) mass is 472 g/mol. The van der Waals surface area contributed by atoms with Crippen LogP contribution < -0.4 is 14.8 Å². The molecule has 0 heterocycles. The van der Waals surface area contributed by atoms with Gasteiger partial charge in [-0.2, -0.15) is 4.72 Å². The molecule has 0 aliphatic carbocycles. The minimum Gasteiger partial charge on any atom is -0.495 e. The molecular formula is C24H25ClN2O4S. The van der Waals surface area contributed by atoms with Crippen LogP contribution in [-0.2, 0) is 21.2 Å². The number of methoxy groups -OCH3 is 1. The summed E-state index contributed by atoms with van der Waals surface area (Å²) in [5, 5.41) is 3.09. The first-order valence-corrected chi connectivity index (χ1v) is 11.8. The van der Waals surface area contributed by atoms with Crippen molar-refractivity contribution in [1.29, 1.82) is 0 Å². The van der Waals surface area contributed by atoms with Crippen molar-refractivity contribution < 1.29 is 17.9 Å². The molecule has 2 N–H and O–H groups in total. The summed E-state index contributed by atoms with van der Waals surface area (Å²) in [6.45, 7) is 3.85. The maximum Gasteiger partial charge on any atom is 0.245 e. The van der Waals surface area contributed by atoms with Gasteiger partial charge in [0.2, 0.25) is 15.9 Å². The Bertz CT molecular complexity index is 1210. The highest BCUT2D eigenvalue weighted by molar-refractivity contribution is 7.89. The highest BCUT2D eigenvalue weighted by Crippen LogP contribution is 2.27. The Labute approximate surface area is 193 Å². The average molecular weight is 473 g/mol. The van der Waals surface area contributed by atoms with E-state index in [1.165, 1.54) is 25.3 Å². The van der Waals surface area contributed by atoms with Crippen molar-refractivity contribution in [1.82, 2.24) is 4.72 Å². The molecule has 0 spiro atoms. The number of halogens is 1. The molecule has 1 amide bonds. The van der Waals surface area contributed by atoms with Gasteiger partial charge in [-0.1, -0.05) is 59.6 Å². The molecule has 6 nitrogen and oxygen atoms in total. The number of carbonyl (C=O) groups is 1. The van der Waals surface area contributed by atoms with Crippen LogP contribution in [0.25, 0.3) is 0 Å². The molecule has 8 heteroatoms. The maximum atomic E-state index is 13.2. The van der Waals surface area contributed by atoms with E-state index < -0.39 is 22.0 Å². The molecule has 0 bridgehead atoms. The first-order chi connectivity index (χ1) is 15.2. The van der Waals surface area contributed by atoms with Crippen LogP contribution in [0.3, 0.4) is 0 Å². The Morgan fingerprint density at radius 3 is 2.41 bits per heavy atom. The van der Waals surface area contributed by atoms with Crippen LogP contribution in [-0.4, -0.2) is 27.5 Å². The molecule has 3 aromatic carbocycles. The summed E-state index contributed by atoms with van der Waals surface area (Å²) in [4.78, 5) is 13.1. The minimum atomic E-state index is -4.12. The third-order valence-electron chi connectivity index (χ3n) is 4.95. The number of hydrogen-bond donors (Lipinski definition) is 2. The van der Waals surface area contributed by atoms with Gasteiger partial charge in [0, 0.05) is 10.7 Å². The normalized spacial score (nSPS) is 12.2. The number of carbonyl (C=O) groups excluding carboxylic acids is 1. The highest BCUT2D eigenvalue weighted by Gasteiger charge is 2.29. The van der Waals surface area contributed by atoms with Gasteiger partial charge in [-0.05, 0) is 55.7 Å². The first-order valence-electron chi connectivity index (χ1n) is 9.97. The number of nitrogens with one attached hydrogen (secondary N) is 2. The third kappa shape index (κ3) is 5.88. The fourth-order valence-electron chi connectivity index (χ4n) is 3.32. The van der Waals surface area contributed by atoms with Gasteiger partial charge in [-0.15, -0.1) is 0 Å². The molecule has 0 unspecified atom stereocenters. The minimum absolute atomic E-state index is 0.134. The van der Waals surface area contributed by atoms with Crippen molar-refractivity contribution in [2.75, 3.05) is 12.4 Å². The van der Waals surface area contributed by atoms with Crippen molar-refractivity contribution in [3.63, 3.8) is 0 Å². The fraction of sp³-hybridized carbons (Fsp3) is 0.208. The van der Waals surface area contributed by atoms with Gasteiger partial charge in [-0.3, -0.25) is 4.79 Å². The molecule has 0 radical (unpaired) electrons. The Balaban J connectivity index is 1.93. The molecule has 0 fully saturated rings. The second-order valence-electron chi connectivity index (χ2n) is 7.47. The number of aryl methyl sites for hydroxylation is 2. The zero-order valence-electron chi connectivity index (χ0n) is 18.1. The van der Waals surface area contributed by atoms with E-state index in [1.54, 1.807) is 6.07 Å². The summed E-state index contributed by atoms with van der Waals surface area (Å²) in [6, 6.07) is 18.1. The van der Waals surface area contributed by atoms with E-state index in [0.717, 1.165) is 16.7 Å². The molecule has 0 aliphatic rings. The van der Waals surface area contributed by atoms with Gasteiger partial charge in [0.05, 0.1) is 7.11 Å². The lowest BCUT2D eigenvalue weighted by Gasteiger charge is -2.20. The van der Waals surface area contributed by atoms with Crippen molar-refractivity contribution in [2.24, 2.45) is 0 Å². The summed E-state index contributed by atoms with van der Waals surface area (Å²) < 4.78 is 34.1. The van der Waals surface area contributed by atoms with E-state index in [1.807, 2.05) is 56.3 Å². The van der Waals surface area contributed by atoms with E-state index in [4.69, 9.17) is 16.3 Å². The Morgan fingerprint density at radius 1 is 1.03 bits per heavy atom. The van der Waals surface area contributed by atoms with Crippen LogP contribution in [0.5, 0.6) is 5.75 Å². The van der Waals surface area contributed by atoms with Crippen molar-refractivity contribution in [2.45, 2.75) is 31.2 Å². The largest absolute Gasteiger partial charge is 0.495 e. The topological polar surface area (TPSA) is 84.5 Å². The van der Waals surface area contributed by atoms with Crippen molar-refractivity contribution in [3.8, 4) is 5.75 Å². The van der Waals surface area contributed by atoms with E-state index in [-0.39, 0.29) is 22.1 Å². The number of rotatable bonds is 8. The number of benzene rings is 3. The molecule has 0 aromatic heterocycles. The molecule has 3 rings (SSSR count). The van der Waals surface area contributed by atoms with Gasteiger partial charge in [0.15, 0.2) is 0 Å². The van der Waals surface area contributed by atoms with Crippen LogP contribution in [0.4, 0.5) is 5.69 Å². The Morgan fingerprint density at radius 2 is 1.75 bits per heavy atom. The zero-order chi connectivity index (χ0) is 23.3. The lowest BCUT2D eigenvalue weighted by Crippen LogP contribution is -2.45. The second-order valence-corrected chi connectivity index (χ2v) is 9.59. The molecule has 0 saturated heterocycles. The van der Waals surface area contributed by atoms with Gasteiger partial charge in [0.1, 0.15) is 16.7 Å². The fourth-order valence-corrected chi connectivity index (χ4v) is 4.95. The number of ether oxygens (including phenoxy) is 1. The molecule has 32 heavy (non-hydrogen) atoms. The predicted octanol–water partition coefficient (Wildman–Crippen LogP) is 4.49. The van der Waals surface area contributed by atoms with E-state index in [0.29, 0.717) is 5.69 Å². The predicted molar refractivity (Wildman–Crippen MR) is 127 cm³/mol. The van der Waals surface area contributed by atoms with Crippen LogP contribution in [0, 0.1) is 13.8 Å². The van der Waals surface area contributed by atoms with Gasteiger partial charge in [0.25, 0.3) is 0 Å². The SMILES string of the molecule is COc1ccc(Cl)cc1S(=O)(=O)N[C@@H](Cc1ccccc1)C(=O)Nc1ccc(C)cc1C. The van der Waals surface area contributed by atoms with Crippen molar-refractivity contribution in [3.05, 3.63) is 88.4 Å². The number of hydrogen-bond acceptors (Lipinski definition) is 4. The third-order valence-corrected chi connectivity index (χ3v) is 6.68. The lowest BCUT2D eigenvalue weighted by atomic mass is 10.1. The smallest absolute Gasteiger partial charge is 0.245 e. The molecule has 0 saturated carbocycles. The van der Waals surface area contributed by atoms with Crippen molar-refractivity contribution >= 4 is 33.2 Å². The summed E-state index contributed by atoms with van der Waals surface area (Å²) in [7, 11) is -2.75. The van der Waals surface area contributed by atoms with Gasteiger partial charge in [-0.25, -0.2) is 8.42 Å². The first kappa shape index (κ1) is 23.8. The second kappa shape index (κ2) is 10.2. The standard InChI is InChI=1S/C24H25ClN2O4S/c1-16-9-11-20(17(2)13-16)26-24(28)21(14-18-7-5-4-6-8-18)27-32(29,30)23-15-19(25)10-12-22(23)31-3/h4-13,15,21,27H,14H2,1-3H3,(H,26,28)/t21-/m0/s1. The molecule has 3 aromatic rings. The number of amides is 1. The van der Waals surface area contributed by atoms with Crippen LogP contribution in [0.1, 0.15) is 16.7 Å². The van der Waals surface area contributed by atoms with E-state index in [2.05, 4.69) is 10.0 Å². The highest BCUT2D eigenvalue weighted by atomic mass is 35.5. The Hall–Kier alpha value is -2.87. The summed E-state index contributed by atoms with van der Waals surface area (Å²) in [5.74, 6) is -0.333. The summed E-state index contributed by atoms with van der Waals surface area (Å²) in [6.07, 6.45) is 0.166. The number of anilines is 1. The van der Waals surface area contributed by atoms with Gasteiger partial charge < -0.3 is 10.1 Å². The summed E-state index contributed by atoms with van der Waals surface area (Å²) in [5.41, 5.74) is 3.39. The number of sulfonamides is 1. The van der Waals surface area contributed by atoms with Crippen LogP contribution >= 0.6 is 11.6 Å². The van der Waals surface area contributed by atoms with Crippen LogP contribution in [0.15, 0.2) is 71.6 Å². The van der Waals surface area contributed by atoms with E-state index >= 15 is 0 Å². The van der Waals surface area contributed by atoms with Crippen LogP contribution in [0.2, 0.25) is 5.02 Å². The quantitative estimate of drug-likeness (QED) is 0.505. The van der Waals surface area contributed by atoms with Gasteiger partial charge >= 0.3 is 0 Å². The maximum absolute atomic E-state index is 13.2. The zero-order valence-corrected chi connectivity index (χ0v) is 19.6. The van der Waals surface area contributed by atoms with E-state index in [9.17, 15) is 13.2 Å². The lowest BCUT2D eigenvalue weighted by molar-refractivity contribution is -0.117. The molecular weight excluding hydrogens is 448 g/mol.